The highest BCUT2D eigenvalue weighted by molar-refractivity contribution is 7.91. The molecule has 2 aromatic carbocycles. The zero-order valence-electron chi connectivity index (χ0n) is 13.7. The zero-order valence-corrected chi connectivity index (χ0v) is 14.5. The van der Waals surface area contributed by atoms with Gasteiger partial charge in [0.25, 0.3) is 0 Å². The summed E-state index contributed by atoms with van der Waals surface area (Å²) in [6.07, 6.45) is -0.243. The van der Waals surface area contributed by atoms with Gasteiger partial charge in [-0.05, 0) is 43.3 Å². The van der Waals surface area contributed by atoms with Crippen LogP contribution in [0.25, 0.3) is 0 Å². The molecule has 2 aromatic rings. The third kappa shape index (κ3) is 5.49. The number of carbonyl (C=O) groups is 2. The highest BCUT2D eigenvalue weighted by atomic mass is 32.2. The second kappa shape index (κ2) is 8.02. The molecule has 0 atom stereocenters. The van der Waals surface area contributed by atoms with Gasteiger partial charge in [0.2, 0.25) is 5.91 Å². The van der Waals surface area contributed by atoms with Crippen molar-refractivity contribution in [1.29, 1.82) is 0 Å². The molecule has 0 heterocycles. The Morgan fingerprint density at radius 1 is 1.00 bits per heavy atom. The minimum atomic E-state index is -3.56. The molecule has 1 N–H and O–H groups in total. The summed E-state index contributed by atoms with van der Waals surface area (Å²) in [4.78, 5) is 23.8. The highest BCUT2D eigenvalue weighted by Gasteiger charge is 2.17. The van der Waals surface area contributed by atoms with Crippen LogP contribution in [0.1, 0.15) is 22.3 Å². The quantitative estimate of drug-likeness (QED) is 0.766. The number of nitrogens with one attached hydrogen (secondary N) is 1. The summed E-state index contributed by atoms with van der Waals surface area (Å²) in [5.41, 5.74) is 1.21. The van der Waals surface area contributed by atoms with Crippen LogP contribution in [0.3, 0.4) is 0 Å². The molecule has 7 heteroatoms. The Morgan fingerprint density at radius 2 is 1.60 bits per heavy atom. The molecule has 2 rings (SSSR count). The molecule has 0 aliphatic rings. The molecule has 0 unspecified atom stereocenters. The minimum Gasteiger partial charge on any atom is -0.349 e. The molecule has 25 heavy (non-hydrogen) atoms. The van der Waals surface area contributed by atoms with Crippen LogP contribution in [-0.2, 0) is 14.6 Å². The Bertz CT molecular complexity index is 859. The predicted molar refractivity (Wildman–Crippen MR) is 91.6 cm³/mol. The van der Waals surface area contributed by atoms with E-state index in [9.17, 15) is 22.4 Å². The van der Waals surface area contributed by atoms with Crippen molar-refractivity contribution in [2.75, 3.05) is 12.3 Å². The lowest BCUT2D eigenvalue weighted by Gasteiger charge is -2.06. The molecule has 0 fully saturated rings. The number of ketones is 1. The van der Waals surface area contributed by atoms with Crippen LogP contribution in [-0.4, -0.2) is 32.4 Å². The molecule has 0 saturated heterocycles. The van der Waals surface area contributed by atoms with Gasteiger partial charge in [-0.25, -0.2) is 12.8 Å². The van der Waals surface area contributed by atoms with Crippen molar-refractivity contribution in [1.82, 2.24) is 5.32 Å². The maximum absolute atomic E-state index is 12.8. The number of hydrogen-bond acceptors (Lipinski definition) is 4. The number of hydrogen-bond donors (Lipinski definition) is 1. The minimum absolute atomic E-state index is 0.160. The summed E-state index contributed by atoms with van der Waals surface area (Å²) in [7, 11) is -3.56. The van der Waals surface area contributed by atoms with E-state index >= 15 is 0 Å². The van der Waals surface area contributed by atoms with E-state index in [0.29, 0.717) is 0 Å². The van der Waals surface area contributed by atoms with Crippen molar-refractivity contribution in [3.05, 3.63) is 65.5 Å². The van der Waals surface area contributed by atoms with Crippen molar-refractivity contribution in [3.63, 3.8) is 0 Å². The summed E-state index contributed by atoms with van der Waals surface area (Å²) in [6, 6.07) is 11.3. The molecule has 0 bridgehead atoms. The summed E-state index contributed by atoms with van der Waals surface area (Å²) >= 11 is 0. The lowest BCUT2D eigenvalue weighted by Crippen LogP contribution is -2.30. The van der Waals surface area contributed by atoms with E-state index in [2.05, 4.69) is 5.32 Å². The van der Waals surface area contributed by atoms with Gasteiger partial charge >= 0.3 is 0 Å². The maximum atomic E-state index is 12.8. The summed E-state index contributed by atoms with van der Waals surface area (Å²) < 4.78 is 37.1. The number of rotatable bonds is 7. The van der Waals surface area contributed by atoms with Crippen LogP contribution in [0.15, 0.2) is 53.4 Å². The molecule has 0 radical (unpaired) electrons. The first-order chi connectivity index (χ1) is 11.8. The molecule has 132 valence electrons. The predicted octanol–water partition coefficient (Wildman–Crippen LogP) is 2.30. The van der Waals surface area contributed by atoms with E-state index in [-0.39, 0.29) is 35.0 Å². The smallest absolute Gasteiger partial charge is 0.221 e. The molecule has 1 amide bonds. The van der Waals surface area contributed by atoms with E-state index in [0.717, 1.165) is 17.7 Å². The van der Waals surface area contributed by atoms with E-state index < -0.39 is 21.6 Å². The third-order valence-corrected chi connectivity index (χ3v) is 5.32. The van der Waals surface area contributed by atoms with E-state index in [1.807, 2.05) is 6.92 Å². The molecule has 0 spiro atoms. The Labute approximate surface area is 145 Å². The van der Waals surface area contributed by atoms with E-state index in [1.54, 1.807) is 12.1 Å². The van der Waals surface area contributed by atoms with Crippen LogP contribution in [0.2, 0.25) is 0 Å². The van der Waals surface area contributed by atoms with Gasteiger partial charge in [-0.1, -0.05) is 17.7 Å². The lowest BCUT2D eigenvalue weighted by molar-refractivity contribution is -0.120. The molecule has 0 aromatic heterocycles. The van der Waals surface area contributed by atoms with Gasteiger partial charge in [0.1, 0.15) is 5.82 Å². The van der Waals surface area contributed by atoms with Gasteiger partial charge in [0, 0.05) is 12.0 Å². The molecule has 0 saturated carbocycles. The maximum Gasteiger partial charge on any atom is 0.221 e. The summed E-state index contributed by atoms with van der Waals surface area (Å²) in [6.45, 7) is 1.58. The first-order valence-electron chi connectivity index (χ1n) is 7.63. The fraction of sp³-hybridized carbons (Fsp3) is 0.222. The van der Waals surface area contributed by atoms with Crippen LogP contribution in [0.4, 0.5) is 4.39 Å². The molecular weight excluding hydrogens is 345 g/mol. The fourth-order valence-corrected chi connectivity index (χ4v) is 3.34. The summed E-state index contributed by atoms with van der Waals surface area (Å²) in [5, 5.41) is 2.38. The second-order valence-electron chi connectivity index (χ2n) is 5.59. The van der Waals surface area contributed by atoms with Crippen molar-refractivity contribution in [2.24, 2.45) is 0 Å². The standard InChI is InChI=1S/C18H18FNO4S/c1-13-2-8-16(9-3-13)25(23,24)11-10-18(22)20-12-17(21)14-4-6-15(19)7-5-14/h2-9H,10-12H2,1H3,(H,20,22). The Morgan fingerprint density at radius 3 is 2.20 bits per heavy atom. The van der Waals surface area contributed by atoms with E-state index in [4.69, 9.17) is 0 Å². The van der Waals surface area contributed by atoms with Crippen molar-refractivity contribution in [2.45, 2.75) is 18.2 Å². The second-order valence-corrected chi connectivity index (χ2v) is 7.70. The van der Waals surface area contributed by atoms with Crippen molar-refractivity contribution in [3.8, 4) is 0 Å². The summed E-state index contributed by atoms with van der Waals surface area (Å²) in [5.74, 6) is -1.71. The lowest BCUT2D eigenvalue weighted by atomic mass is 10.1. The van der Waals surface area contributed by atoms with Crippen LogP contribution in [0, 0.1) is 12.7 Å². The fourth-order valence-electron chi connectivity index (χ4n) is 2.10. The number of Topliss-reactive ketones (excluding diaryl/α,β-unsaturated/α-hetero) is 1. The first-order valence-corrected chi connectivity index (χ1v) is 9.28. The Balaban J connectivity index is 1.85. The van der Waals surface area contributed by atoms with Gasteiger partial charge in [-0.15, -0.1) is 0 Å². The molecule has 5 nitrogen and oxygen atoms in total. The van der Waals surface area contributed by atoms with Gasteiger partial charge in [-0.3, -0.25) is 9.59 Å². The van der Waals surface area contributed by atoms with Gasteiger partial charge in [0.15, 0.2) is 15.6 Å². The van der Waals surface area contributed by atoms with Crippen molar-refractivity contribution < 1.29 is 22.4 Å². The average molecular weight is 363 g/mol. The number of carbonyl (C=O) groups excluding carboxylic acids is 2. The van der Waals surface area contributed by atoms with Crippen LogP contribution in [0.5, 0.6) is 0 Å². The Hall–Kier alpha value is -2.54. The first kappa shape index (κ1) is 18.8. The number of sulfone groups is 1. The number of aryl methyl sites for hydroxylation is 1. The van der Waals surface area contributed by atoms with E-state index in [1.165, 1.54) is 24.3 Å². The number of amides is 1. The van der Waals surface area contributed by atoms with Crippen molar-refractivity contribution >= 4 is 21.5 Å². The molecule has 0 aliphatic heterocycles. The monoisotopic (exact) mass is 363 g/mol. The number of halogens is 1. The zero-order chi connectivity index (χ0) is 18.4. The topological polar surface area (TPSA) is 80.3 Å². The SMILES string of the molecule is Cc1ccc(S(=O)(=O)CCC(=O)NCC(=O)c2ccc(F)cc2)cc1. The normalized spacial score (nSPS) is 11.1. The molecule has 0 aliphatic carbocycles. The largest absolute Gasteiger partial charge is 0.349 e. The Kier molecular flexibility index (Phi) is 6.03. The van der Waals surface area contributed by atoms with Crippen LogP contribution < -0.4 is 5.32 Å². The highest BCUT2D eigenvalue weighted by Crippen LogP contribution is 2.13. The average Bonchev–Trinajstić information content (AvgIpc) is 2.59. The number of benzene rings is 2. The van der Waals surface area contributed by atoms with Crippen LogP contribution >= 0.6 is 0 Å². The van der Waals surface area contributed by atoms with Gasteiger partial charge < -0.3 is 5.32 Å². The molecular formula is C18H18FNO4S. The van der Waals surface area contributed by atoms with Gasteiger partial charge in [0.05, 0.1) is 17.2 Å². The van der Waals surface area contributed by atoms with Gasteiger partial charge in [-0.2, -0.15) is 0 Å². The third-order valence-electron chi connectivity index (χ3n) is 3.59.